The van der Waals surface area contributed by atoms with Gasteiger partial charge in [0.05, 0.1) is 15.5 Å². The number of nitrogens with one attached hydrogen (secondary N) is 1. The molecule has 10 heteroatoms. The number of benzene rings is 2. The van der Waals surface area contributed by atoms with Crippen molar-refractivity contribution in [1.29, 1.82) is 0 Å². The summed E-state index contributed by atoms with van der Waals surface area (Å²) >= 11 is 5.82. The van der Waals surface area contributed by atoms with E-state index in [1.165, 1.54) is 42.5 Å². The molecular weight excluding hydrogens is 406 g/mol. The monoisotopic (exact) mass is 423 g/mol. The lowest BCUT2D eigenvalue weighted by molar-refractivity contribution is -0.384. The summed E-state index contributed by atoms with van der Waals surface area (Å²) in [6, 6.07) is 9.01. The second-order valence-corrected chi connectivity index (χ2v) is 8.80. The summed E-state index contributed by atoms with van der Waals surface area (Å²) in [4.78, 5) is 23.3. The van der Waals surface area contributed by atoms with E-state index < -0.39 is 26.9 Å². The molecule has 1 heterocycles. The summed E-state index contributed by atoms with van der Waals surface area (Å²) in [7, 11) is -3.87. The number of hydrogen-bond donors (Lipinski definition) is 1. The molecule has 1 atom stereocenters. The molecule has 1 amide bonds. The van der Waals surface area contributed by atoms with Crippen LogP contribution in [0, 0.1) is 17.0 Å². The van der Waals surface area contributed by atoms with Crippen LogP contribution in [0.2, 0.25) is 5.02 Å². The van der Waals surface area contributed by atoms with Gasteiger partial charge in [-0.15, -0.1) is 0 Å². The molecule has 0 spiro atoms. The van der Waals surface area contributed by atoms with Gasteiger partial charge in [0.1, 0.15) is 6.04 Å². The van der Waals surface area contributed by atoms with Crippen LogP contribution in [0.15, 0.2) is 47.4 Å². The molecule has 1 fully saturated rings. The highest BCUT2D eigenvalue weighted by atomic mass is 35.5. The molecule has 8 nitrogen and oxygen atoms in total. The lowest BCUT2D eigenvalue weighted by Gasteiger charge is -2.23. The van der Waals surface area contributed by atoms with Gasteiger partial charge in [-0.25, -0.2) is 8.42 Å². The Morgan fingerprint density at radius 3 is 2.57 bits per heavy atom. The quantitative estimate of drug-likeness (QED) is 0.585. The van der Waals surface area contributed by atoms with E-state index in [9.17, 15) is 23.3 Å². The van der Waals surface area contributed by atoms with Crippen molar-refractivity contribution in [2.45, 2.75) is 30.7 Å². The second-order valence-electron chi connectivity index (χ2n) is 6.47. The molecule has 2 aromatic rings. The van der Waals surface area contributed by atoms with Crippen molar-refractivity contribution in [3.8, 4) is 0 Å². The molecule has 0 saturated carbocycles. The Bertz CT molecular complexity index is 1020. The number of hydrogen-bond acceptors (Lipinski definition) is 5. The molecule has 148 valence electrons. The minimum Gasteiger partial charge on any atom is -0.324 e. The number of nitro benzene ring substituents is 1. The van der Waals surface area contributed by atoms with Gasteiger partial charge in [0, 0.05) is 23.7 Å². The first-order valence-corrected chi connectivity index (χ1v) is 10.4. The third-order valence-electron chi connectivity index (χ3n) is 4.62. The summed E-state index contributed by atoms with van der Waals surface area (Å²) in [5.41, 5.74) is 0.775. The van der Waals surface area contributed by atoms with Crippen molar-refractivity contribution in [1.82, 2.24) is 4.31 Å². The maximum atomic E-state index is 12.9. The Morgan fingerprint density at radius 1 is 1.25 bits per heavy atom. The highest BCUT2D eigenvalue weighted by Crippen LogP contribution is 2.29. The zero-order valence-corrected chi connectivity index (χ0v) is 16.5. The minimum absolute atomic E-state index is 0.0585. The van der Waals surface area contributed by atoms with Gasteiger partial charge in [0.2, 0.25) is 15.9 Å². The number of nitro groups is 1. The lowest BCUT2D eigenvalue weighted by Crippen LogP contribution is -2.43. The number of carbonyl (C=O) groups excluding carboxylic acids is 1. The fourth-order valence-corrected chi connectivity index (χ4v) is 4.89. The van der Waals surface area contributed by atoms with E-state index in [1.807, 2.05) is 0 Å². The number of aryl methyl sites for hydroxylation is 1. The minimum atomic E-state index is -3.87. The predicted molar refractivity (Wildman–Crippen MR) is 105 cm³/mol. The number of amides is 1. The molecular formula is C18H18ClN3O5S. The van der Waals surface area contributed by atoms with E-state index >= 15 is 0 Å². The van der Waals surface area contributed by atoms with Crippen molar-refractivity contribution in [3.05, 3.63) is 63.2 Å². The van der Waals surface area contributed by atoms with Crippen LogP contribution in [0.4, 0.5) is 11.4 Å². The van der Waals surface area contributed by atoms with Crippen LogP contribution in [0.25, 0.3) is 0 Å². The fourth-order valence-electron chi connectivity index (χ4n) is 3.11. The molecule has 0 bridgehead atoms. The van der Waals surface area contributed by atoms with E-state index in [1.54, 1.807) is 6.92 Å². The van der Waals surface area contributed by atoms with Gasteiger partial charge in [-0.2, -0.15) is 4.31 Å². The summed E-state index contributed by atoms with van der Waals surface area (Å²) in [5.74, 6) is -0.515. The van der Waals surface area contributed by atoms with Crippen molar-refractivity contribution < 1.29 is 18.1 Å². The normalized spacial score (nSPS) is 17.4. The Hall–Kier alpha value is -2.49. The Balaban J connectivity index is 1.85. The van der Waals surface area contributed by atoms with Gasteiger partial charge in [-0.1, -0.05) is 17.7 Å². The van der Waals surface area contributed by atoms with Crippen LogP contribution in [0.3, 0.4) is 0 Å². The maximum Gasteiger partial charge on any atom is 0.271 e. The van der Waals surface area contributed by atoms with Crippen LogP contribution in [-0.2, 0) is 14.8 Å². The second kappa shape index (κ2) is 7.86. The number of rotatable bonds is 5. The summed E-state index contributed by atoms with van der Waals surface area (Å²) in [5, 5.41) is 14.0. The first-order chi connectivity index (χ1) is 13.2. The third-order valence-corrected chi connectivity index (χ3v) is 6.79. The molecule has 0 unspecified atom stereocenters. The predicted octanol–water partition coefficient (Wildman–Crippen LogP) is 3.35. The van der Waals surface area contributed by atoms with Crippen LogP contribution in [0.1, 0.15) is 18.4 Å². The number of non-ortho nitro benzene ring substituents is 1. The van der Waals surface area contributed by atoms with Gasteiger partial charge in [0.15, 0.2) is 0 Å². The molecule has 0 aromatic heterocycles. The van der Waals surface area contributed by atoms with Gasteiger partial charge in [0.25, 0.3) is 5.69 Å². The van der Waals surface area contributed by atoms with Crippen LogP contribution >= 0.6 is 11.6 Å². The van der Waals surface area contributed by atoms with E-state index in [4.69, 9.17) is 11.6 Å². The van der Waals surface area contributed by atoms with Crippen molar-refractivity contribution in [2.24, 2.45) is 0 Å². The average molecular weight is 424 g/mol. The largest absolute Gasteiger partial charge is 0.324 e. The van der Waals surface area contributed by atoms with Gasteiger partial charge in [-0.3, -0.25) is 14.9 Å². The first kappa shape index (κ1) is 20.2. The summed E-state index contributed by atoms with van der Waals surface area (Å²) in [6.45, 7) is 1.92. The third kappa shape index (κ3) is 4.01. The van der Waals surface area contributed by atoms with Crippen LogP contribution in [0.5, 0.6) is 0 Å². The number of anilines is 1. The average Bonchev–Trinajstić information content (AvgIpc) is 3.14. The molecule has 1 saturated heterocycles. The summed E-state index contributed by atoms with van der Waals surface area (Å²) in [6.07, 6.45) is 0.908. The highest BCUT2D eigenvalue weighted by Gasteiger charge is 2.39. The number of sulfonamides is 1. The zero-order chi connectivity index (χ0) is 20.5. The van der Waals surface area contributed by atoms with Gasteiger partial charge >= 0.3 is 0 Å². The first-order valence-electron chi connectivity index (χ1n) is 8.53. The number of nitrogens with zero attached hydrogens (tertiary/aromatic N) is 2. The fraction of sp³-hybridized carbons (Fsp3) is 0.278. The van der Waals surface area contributed by atoms with E-state index in [0.29, 0.717) is 23.4 Å². The van der Waals surface area contributed by atoms with Crippen molar-refractivity contribution in [2.75, 3.05) is 11.9 Å². The molecule has 3 rings (SSSR count). The SMILES string of the molecule is Cc1ccc([N+](=O)[O-])cc1NC(=O)[C@H]1CCCN1S(=O)(=O)c1ccc(Cl)cc1. The number of carbonyl (C=O) groups is 1. The van der Waals surface area contributed by atoms with Crippen LogP contribution in [-0.4, -0.2) is 36.1 Å². The maximum absolute atomic E-state index is 12.9. The Labute approximate surface area is 167 Å². The Kier molecular flexibility index (Phi) is 5.69. The highest BCUT2D eigenvalue weighted by molar-refractivity contribution is 7.89. The van der Waals surface area contributed by atoms with Gasteiger partial charge < -0.3 is 5.32 Å². The van der Waals surface area contributed by atoms with E-state index in [2.05, 4.69) is 5.32 Å². The smallest absolute Gasteiger partial charge is 0.271 e. The molecule has 0 radical (unpaired) electrons. The summed E-state index contributed by atoms with van der Waals surface area (Å²) < 4.78 is 27.0. The van der Waals surface area contributed by atoms with Crippen molar-refractivity contribution in [3.63, 3.8) is 0 Å². The van der Waals surface area contributed by atoms with E-state index in [-0.39, 0.29) is 22.8 Å². The topological polar surface area (TPSA) is 110 Å². The lowest BCUT2D eigenvalue weighted by atomic mass is 10.1. The molecule has 2 aromatic carbocycles. The van der Waals surface area contributed by atoms with Gasteiger partial charge in [-0.05, 0) is 49.6 Å². The Morgan fingerprint density at radius 2 is 1.93 bits per heavy atom. The molecule has 28 heavy (non-hydrogen) atoms. The standard InChI is InChI=1S/C18H18ClN3O5S/c1-12-4-7-14(22(24)25)11-16(12)20-18(23)17-3-2-10-21(17)28(26,27)15-8-5-13(19)6-9-15/h4-9,11,17H,2-3,10H2,1H3,(H,20,23)/t17-/m1/s1. The molecule has 1 aliphatic heterocycles. The van der Waals surface area contributed by atoms with Crippen LogP contribution < -0.4 is 5.32 Å². The number of halogens is 1. The molecule has 1 aliphatic rings. The van der Waals surface area contributed by atoms with Crippen molar-refractivity contribution >= 4 is 38.9 Å². The molecule has 1 N–H and O–H groups in total. The molecule has 0 aliphatic carbocycles. The zero-order valence-electron chi connectivity index (χ0n) is 15.0. The van der Waals surface area contributed by atoms with E-state index in [0.717, 1.165) is 4.31 Å².